The third-order valence-corrected chi connectivity index (χ3v) is 2.74. The quantitative estimate of drug-likeness (QED) is 0.844. The molecule has 0 radical (unpaired) electrons. The van der Waals surface area contributed by atoms with E-state index in [0.717, 1.165) is 6.54 Å². The van der Waals surface area contributed by atoms with E-state index in [0.29, 0.717) is 43.2 Å². The Bertz CT molecular complexity index is 385. The maximum absolute atomic E-state index is 6.03. The Morgan fingerprint density at radius 1 is 1.44 bits per heavy atom. The SMILES string of the molecule is CCNc1ncc(Cl)c(NCC2COCCO2)n1. The Hall–Kier alpha value is -1.11. The van der Waals surface area contributed by atoms with Gasteiger partial charge in [-0.3, -0.25) is 0 Å². The third kappa shape index (κ3) is 3.69. The lowest BCUT2D eigenvalue weighted by Gasteiger charge is -2.23. The molecule has 0 bridgehead atoms. The van der Waals surface area contributed by atoms with Crippen molar-refractivity contribution in [2.24, 2.45) is 0 Å². The molecule has 0 saturated carbocycles. The highest BCUT2D eigenvalue weighted by molar-refractivity contribution is 6.32. The lowest BCUT2D eigenvalue weighted by Crippen LogP contribution is -2.34. The summed E-state index contributed by atoms with van der Waals surface area (Å²) in [7, 11) is 0. The molecule has 18 heavy (non-hydrogen) atoms. The molecular weight excluding hydrogens is 256 g/mol. The zero-order chi connectivity index (χ0) is 12.8. The summed E-state index contributed by atoms with van der Waals surface area (Å²) >= 11 is 6.03. The lowest BCUT2D eigenvalue weighted by atomic mass is 10.3. The molecule has 1 aromatic rings. The van der Waals surface area contributed by atoms with Crippen LogP contribution in [0.25, 0.3) is 0 Å². The zero-order valence-corrected chi connectivity index (χ0v) is 11.0. The second kappa shape index (κ2) is 6.72. The fourth-order valence-corrected chi connectivity index (χ4v) is 1.76. The van der Waals surface area contributed by atoms with Crippen molar-refractivity contribution in [1.29, 1.82) is 0 Å². The molecule has 1 fully saturated rings. The van der Waals surface area contributed by atoms with Crippen LogP contribution in [0, 0.1) is 0 Å². The molecule has 0 amide bonds. The number of hydrogen-bond acceptors (Lipinski definition) is 6. The van der Waals surface area contributed by atoms with Gasteiger partial charge in [-0.2, -0.15) is 4.98 Å². The lowest BCUT2D eigenvalue weighted by molar-refractivity contribution is -0.0819. The average Bonchev–Trinajstić information content (AvgIpc) is 2.41. The summed E-state index contributed by atoms with van der Waals surface area (Å²) in [6, 6.07) is 0. The van der Waals surface area contributed by atoms with Crippen molar-refractivity contribution in [3.8, 4) is 0 Å². The van der Waals surface area contributed by atoms with Crippen molar-refractivity contribution in [3.05, 3.63) is 11.2 Å². The Morgan fingerprint density at radius 2 is 2.33 bits per heavy atom. The number of rotatable bonds is 5. The summed E-state index contributed by atoms with van der Waals surface area (Å²) in [5, 5.41) is 6.68. The second-order valence-electron chi connectivity index (χ2n) is 3.87. The molecule has 0 aliphatic carbocycles. The maximum Gasteiger partial charge on any atom is 0.224 e. The third-order valence-electron chi connectivity index (χ3n) is 2.46. The van der Waals surface area contributed by atoms with Gasteiger partial charge >= 0.3 is 0 Å². The summed E-state index contributed by atoms with van der Waals surface area (Å²) in [5.41, 5.74) is 0. The van der Waals surface area contributed by atoms with Crippen LogP contribution in [0.2, 0.25) is 5.02 Å². The summed E-state index contributed by atoms with van der Waals surface area (Å²) in [6.07, 6.45) is 1.61. The number of anilines is 2. The van der Waals surface area contributed by atoms with Gasteiger partial charge in [0.15, 0.2) is 5.82 Å². The first-order chi connectivity index (χ1) is 8.79. The molecule has 1 atom stereocenters. The molecule has 1 aliphatic rings. The number of halogens is 1. The molecule has 6 nitrogen and oxygen atoms in total. The van der Waals surface area contributed by atoms with E-state index in [-0.39, 0.29) is 6.10 Å². The molecule has 2 heterocycles. The highest BCUT2D eigenvalue weighted by Gasteiger charge is 2.15. The molecule has 0 aromatic carbocycles. The first-order valence-electron chi connectivity index (χ1n) is 5.99. The largest absolute Gasteiger partial charge is 0.376 e. The van der Waals surface area contributed by atoms with Gasteiger partial charge in [0.1, 0.15) is 5.02 Å². The fraction of sp³-hybridized carbons (Fsp3) is 0.636. The molecule has 1 unspecified atom stereocenters. The van der Waals surface area contributed by atoms with Crippen molar-refractivity contribution >= 4 is 23.4 Å². The Balaban J connectivity index is 1.92. The molecule has 1 aliphatic heterocycles. The first-order valence-corrected chi connectivity index (χ1v) is 6.37. The van der Waals surface area contributed by atoms with E-state index in [1.165, 1.54) is 0 Å². The van der Waals surface area contributed by atoms with E-state index < -0.39 is 0 Å². The van der Waals surface area contributed by atoms with Crippen LogP contribution in [-0.4, -0.2) is 49.0 Å². The molecule has 2 rings (SSSR count). The number of aromatic nitrogens is 2. The van der Waals surface area contributed by atoms with Crippen molar-refractivity contribution in [3.63, 3.8) is 0 Å². The molecule has 1 saturated heterocycles. The topological polar surface area (TPSA) is 68.3 Å². The van der Waals surface area contributed by atoms with E-state index in [4.69, 9.17) is 21.1 Å². The number of ether oxygens (including phenoxy) is 2. The van der Waals surface area contributed by atoms with Crippen LogP contribution in [0.3, 0.4) is 0 Å². The van der Waals surface area contributed by atoms with Crippen molar-refractivity contribution in [2.45, 2.75) is 13.0 Å². The smallest absolute Gasteiger partial charge is 0.224 e. The maximum atomic E-state index is 6.03. The second-order valence-corrected chi connectivity index (χ2v) is 4.28. The summed E-state index contributed by atoms with van der Waals surface area (Å²) in [6.45, 7) is 5.25. The van der Waals surface area contributed by atoms with Gasteiger partial charge in [-0.25, -0.2) is 4.98 Å². The first kappa shape index (κ1) is 13.3. The van der Waals surface area contributed by atoms with Gasteiger partial charge < -0.3 is 20.1 Å². The monoisotopic (exact) mass is 272 g/mol. The highest BCUT2D eigenvalue weighted by atomic mass is 35.5. The Kier molecular flexibility index (Phi) is 4.98. The average molecular weight is 273 g/mol. The molecular formula is C11H17ClN4O2. The highest BCUT2D eigenvalue weighted by Crippen LogP contribution is 2.19. The van der Waals surface area contributed by atoms with Crippen LogP contribution in [0.4, 0.5) is 11.8 Å². The van der Waals surface area contributed by atoms with E-state index in [2.05, 4.69) is 20.6 Å². The van der Waals surface area contributed by atoms with Crippen LogP contribution in [0.1, 0.15) is 6.92 Å². The zero-order valence-electron chi connectivity index (χ0n) is 10.3. The minimum absolute atomic E-state index is 0.0346. The minimum Gasteiger partial charge on any atom is -0.376 e. The number of nitrogens with zero attached hydrogens (tertiary/aromatic N) is 2. The number of nitrogens with one attached hydrogen (secondary N) is 2. The van der Waals surface area contributed by atoms with Crippen LogP contribution in [-0.2, 0) is 9.47 Å². The van der Waals surface area contributed by atoms with Gasteiger partial charge in [-0.05, 0) is 6.92 Å². The van der Waals surface area contributed by atoms with Crippen molar-refractivity contribution in [1.82, 2.24) is 9.97 Å². The minimum atomic E-state index is 0.0346. The van der Waals surface area contributed by atoms with E-state index >= 15 is 0 Å². The molecule has 100 valence electrons. The molecule has 2 N–H and O–H groups in total. The van der Waals surface area contributed by atoms with E-state index in [1.54, 1.807) is 6.20 Å². The van der Waals surface area contributed by atoms with Gasteiger partial charge in [0.2, 0.25) is 5.95 Å². The van der Waals surface area contributed by atoms with Gasteiger partial charge in [0.25, 0.3) is 0 Å². The van der Waals surface area contributed by atoms with Crippen LogP contribution in [0.5, 0.6) is 0 Å². The van der Waals surface area contributed by atoms with Gasteiger partial charge in [0.05, 0.1) is 32.1 Å². The molecule has 7 heteroatoms. The van der Waals surface area contributed by atoms with Crippen LogP contribution >= 0.6 is 11.6 Å². The van der Waals surface area contributed by atoms with Gasteiger partial charge in [-0.1, -0.05) is 11.6 Å². The van der Waals surface area contributed by atoms with Crippen molar-refractivity contribution < 1.29 is 9.47 Å². The summed E-state index contributed by atoms with van der Waals surface area (Å²) in [5.74, 6) is 1.17. The Morgan fingerprint density at radius 3 is 3.06 bits per heavy atom. The number of hydrogen-bond donors (Lipinski definition) is 2. The van der Waals surface area contributed by atoms with E-state index in [9.17, 15) is 0 Å². The summed E-state index contributed by atoms with van der Waals surface area (Å²) < 4.78 is 10.8. The predicted octanol–water partition coefficient (Wildman–Crippen LogP) is 1.39. The van der Waals surface area contributed by atoms with Crippen LogP contribution < -0.4 is 10.6 Å². The van der Waals surface area contributed by atoms with Crippen LogP contribution in [0.15, 0.2) is 6.20 Å². The van der Waals surface area contributed by atoms with Crippen molar-refractivity contribution in [2.75, 3.05) is 43.5 Å². The standard InChI is InChI=1S/C11H17ClN4O2/c1-2-13-11-15-6-9(12)10(16-11)14-5-8-7-17-3-4-18-8/h6,8H,2-5,7H2,1H3,(H2,13,14,15,16). The molecule has 0 spiro atoms. The molecule has 1 aromatic heterocycles. The normalized spacial score (nSPS) is 19.6. The summed E-state index contributed by atoms with van der Waals surface area (Å²) in [4.78, 5) is 8.36. The Labute approximate surface area is 111 Å². The predicted molar refractivity (Wildman–Crippen MR) is 70.3 cm³/mol. The van der Waals surface area contributed by atoms with E-state index in [1.807, 2.05) is 6.92 Å². The fourth-order valence-electron chi connectivity index (χ4n) is 1.60. The van der Waals surface area contributed by atoms with Gasteiger partial charge in [0, 0.05) is 13.1 Å². The van der Waals surface area contributed by atoms with Gasteiger partial charge in [-0.15, -0.1) is 0 Å².